The predicted molar refractivity (Wildman–Crippen MR) is 72.6 cm³/mol. The van der Waals surface area contributed by atoms with E-state index in [-0.39, 0.29) is 12.5 Å². The summed E-state index contributed by atoms with van der Waals surface area (Å²) in [6.07, 6.45) is 1.22. The fourth-order valence-electron chi connectivity index (χ4n) is 1.83. The second kappa shape index (κ2) is 7.53. The third-order valence-electron chi connectivity index (χ3n) is 2.92. The van der Waals surface area contributed by atoms with Gasteiger partial charge < -0.3 is 15.7 Å². The van der Waals surface area contributed by atoms with Crippen molar-refractivity contribution < 1.29 is 14.7 Å². The number of carbonyl (C=O) groups excluding carboxylic acids is 1. The number of aliphatic carboxylic acids is 1. The lowest BCUT2D eigenvalue weighted by molar-refractivity contribution is -0.144. The minimum absolute atomic E-state index is 0.297. The van der Waals surface area contributed by atoms with E-state index in [0.29, 0.717) is 19.4 Å². The van der Waals surface area contributed by atoms with Crippen LogP contribution >= 0.6 is 0 Å². The largest absolute Gasteiger partial charge is 0.480 e. The van der Waals surface area contributed by atoms with Crippen LogP contribution in [0.5, 0.6) is 0 Å². The van der Waals surface area contributed by atoms with Crippen LogP contribution < -0.4 is 5.73 Å². The SMILES string of the molecule is CCN(CC(=O)O)C(=O)C(N)CCc1ccccc1. The Morgan fingerprint density at radius 2 is 1.95 bits per heavy atom. The molecule has 0 aromatic heterocycles. The Kier molecular flexibility index (Phi) is 6.02. The van der Waals surface area contributed by atoms with Crippen molar-refractivity contribution in [1.29, 1.82) is 0 Å². The first-order chi connectivity index (χ1) is 9.04. The van der Waals surface area contributed by atoms with Crippen molar-refractivity contribution in [3.63, 3.8) is 0 Å². The molecule has 0 saturated carbocycles. The van der Waals surface area contributed by atoms with Crippen molar-refractivity contribution in [1.82, 2.24) is 4.90 Å². The molecule has 1 unspecified atom stereocenters. The number of carboxylic acid groups (broad SMARTS) is 1. The van der Waals surface area contributed by atoms with Crippen LogP contribution in [-0.2, 0) is 16.0 Å². The second-order valence-corrected chi connectivity index (χ2v) is 4.38. The molecule has 1 aromatic rings. The Labute approximate surface area is 113 Å². The highest BCUT2D eigenvalue weighted by Gasteiger charge is 2.21. The third kappa shape index (κ3) is 5.09. The fraction of sp³-hybridized carbons (Fsp3) is 0.429. The number of hydrogen-bond donors (Lipinski definition) is 2. The van der Waals surface area contributed by atoms with Gasteiger partial charge in [0.15, 0.2) is 0 Å². The summed E-state index contributed by atoms with van der Waals surface area (Å²) in [5, 5.41) is 8.72. The summed E-state index contributed by atoms with van der Waals surface area (Å²) >= 11 is 0. The molecular formula is C14H20N2O3. The average molecular weight is 264 g/mol. The zero-order valence-electron chi connectivity index (χ0n) is 11.1. The van der Waals surface area contributed by atoms with Crippen LogP contribution in [0.2, 0.25) is 0 Å². The molecule has 0 aliphatic carbocycles. The number of amides is 1. The summed E-state index contributed by atoms with van der Waals surface area (Å²) in [5.41, 5.74) is 6.95. The summed E-state index contributed by atoms with van der Waals surface area (Å²) in [6, 6.07) is 9.11. The van der Waals surface area contributed by atoms with Gasteiger partial charge in [0.1, 0.15) is 6.54 Å². The van der Waals surface area contributed by atoms with E-state index in [1.54, 1.807) is 6.92 Å². The molecule has 0 spiro atoms. The zero-order chi connectivity index (χ0) is 14.3. The summed E-state index contributed by atoms with van der Waals surface area (Å²) < 4.78 is 0. The molecule has 1 amide bonds. The number of rotatable bonds is 7. The Bertz CT molecular complexity index is 420. The van der Waals surface area contributed by atoms with Crippen molar-refractivity contribution in [3.05, 3.63) is 35.9 Å². The van der Waals surface area contributed by atoms with Crippen LogP contribution in [0.25, 0.3) is 0 Å². The van der Waals surface area contributed by atoms with E-state index in [1.807, 2.05) is 30.3 Å². The number of likely N-dealkylation sites (N-methyl/N-ethyl adjacent to an activating group) is 1. The average Bonchev–Trinajstić information content (AvgIpc) is 2.42. The number of carbonyl (C=O) groups is 2. The molecule has 104 valence electrons. The van der Waals surface area contributed by atoms with E-state index in [0.717, 1.165) is 5.56 Å². The molecular weight excluding hydrogens is 244 g/mol. The molecule has 0 aliphatic heterocycles. The lowest BCUT2D eigenvalue weighted by Gasteiger charge is -2.22. The van der Waals surface area contributed by atoms with Gasteiger partial charge >= 0.3 is 5.97 Å². The minimum Gasteiger partial charge on any atom is -0.480 e. The number of carboxylic acids is 1. The summed E-state index contributed by atoms with van der Waals surface area (Å²) in [5.74, 6) is -1.33. The van der Waals surface area contributed by atoms with Crippen molar-refractivity contribution in [3.8, 4) is 0 Å². The molecule has 0 radical (unpaired) electrons. The smallest absolute Gasteiger partial charge is 0.323 e. The van der Waals surface area contributed by atoms with Crippen molar-refractivity contribution >= 4 is 11.9 Å². The standard InChI is InChI=1S/C14H20N2O3/c1-2-16(10-13(17)18)14(19)12(15)9-8-11-6-4-3-5-7-11/h3-7,12H,2,8-10,15H2,1H3,(H,17,18). The first kappa shape index (κ1) is 15.2. The van der Waals surface area contributed by atoms with Crippen LogP contribution in [0.4, 0.5) is 0 Å². The van der Waals surface area contributed by atoms with Crippen LogP contribution in [-0.4, -0.2) is 41.0 Å². The Balaban J connectivity index is 2.49. The number of hydrogen-bond acceptors (Lipinski definition) is 3. The fourth-order valence-corrected chi connectivity index (χ4v) is 1.83. The predicted octanol–water partition coefficient (Wildman–Crippen LogP) is 0.880. The molecule has 5 heteroatoms. The summed E-state index contributed by atoms with van der Waals surface area (Å²) in [4.78, 5) is 23.9. The molecule has 1 atom stereocenters. The number of aryl methyl sites for hydroxylation is 1. The van der Waals surface area contributed by atoms with Gasteiger partial charge in [0.2, 0.25) is 5.91 Å². The van der Waals surface area contributed by atoms with Crippen molar-refractivity contribution in [2.24, 2.45) is 5.73 Å². The molecule has 0 bridgehead atoms. The minimum atomic E-state index is -1.02. The molecule has 0 saturated heterocycles. The van der Waals surface area contributed by atoms with Crippen LogP contribution in [0, 0.1) is 0 Å². The van der Waals surface area contributed by atoms with Crippen LogP contribution in [0.1, 0.15) is 18.9 Å². The van der Waals surface area contributed by atoms with Gasteiger partial charge in [-0.25, -0.2) is 0 Å². The van der Waals surface area contributed by atoms with E-state index < -0.39 is 12.0 Å². The van der Waals surface area contributed by atoms with Gasteiger partial charge in [-0.1, -0.05) is 30.3 Å². The maximum atomic E-state index is 12.0. The van der Waals surface area contributed by atoms with Crippen molar-refractivity contribution in [2.75, 3.05) is 13.1 Å². The number of nitrogens with two attached hydrogens (primary N) is 1. The van der Waals surface area contributed by atoms with Crippen LogP contribution in [0.3, 0.4) is 0 Å². The molecule has 1 rings (SSSR count). The van der Waals surface area contributed by atoms with Gasteiger partial charge in [-0.3, -0.25) is 9.59 Å². The van der Waals surface area contributed by atoms with Crippen molar-refractivity contribution in [2.45, 2.75) is 25.8 Å². The molecule has 19 heavy (non-hydrogen) atoms. The molecule has 0 fully saturated rings. The number of nitrogens with zero attached hydrogens (tertiary/aromatic N) is 1. The quantitative estimate of drug-likeness (QED) is 0.765. The first-order valence-corrected chi connectivity index (χ1v) is 6.34. The Morgan fingerprint density at radius 1 is 1.32 bits per heavy atom. The Hall–Kier alpha value is -1.88. The third-order valence-corrected chi connectivity index (χ3v) is 2.92. The second-order valence-electron chi connectivity index (χ2n) is 4.38. The highest BCUT2D eigenvalue weighted by atomic mass is 16.4. The first-order valence-electron chi connectivity index (χ1n) is 6.34. The molecule has 1 aromatic carbocycles. The van der Waals surface area contributed by atoms with Gasteiger partial charge in [-0.05, 0) is 25.3 Å². The monoisotopic (exact) mass is 264 g/mol. The van der Waals surface area contributed by atoms with Gasteiger partial charge in [0, 0.05) is 6.54 Å². The topological polar surface area (TPSA) is 83.6 Å². The van der Waals surface area contributed by atoms with E-state index >= 15 is 0 Å². The maximum Gasteiger partial charge on any atom is 0.323 e. The van der Waals surface area contributed by atoms with E-state index in [2.05, 4.69) is 0 Å². The van der Waals surface area contributed by atoms with E-state index in [4.69, 9.17) is 10.8 Å². The zero-order valence-corrected chi connectivity index (χ0v) is 11.1. The molecule has 0 heterocycles. The lowest BCUT2D eigenvalue weighted by atomic mass is 10.0. The summed E-state index contributed by atoms with van der Waals surface area (Å²) in [7, 11) is 0. The maximum absolute atomic E-state index is 12.0. The molecule has 3 N–H and O–H groups in total. The molecule has 0 aliphatic rings. The van der Waals surface area contributed by atoms with Gasteiger partial charge in [0.25, 0.3) is 0 Å². The van der Waals surface area contributed by atoms with Crippen LogP contribution in [0.15, 0.2) is 30.3 Å². The van der Waals surface area contributed by atoms with Gasteiger partial charge in [-0.15, -0.1) is 0 Å². The van der Waals surface area contributed by atoms with E-state index in [9.17, 15) is 9.59 Å². The lowest BCUT2D eigenvalue weighted by Crippen LogP contribution is -2.45. The number of benzene rings is 1. The van der Waals surface area contributed by atoms with Gasteiger partial charge in [-0.2, -0.15) is 0 Å². The van der Waals surface area contributed by atoms with E-state index in [1.165, 1.54) is 4.90 Å². The highest BCUT2D eigenvalue weighted by Crippen LogP contribution is 2.06. The summed E-state index contributed by atoms with van der Waals surface area (Å²) in [6.45, 7) is 1.79. The molecule has 5 nitrogen and oxygen atoms in total. The highest BCUT2D eigenvalue weighted by molar-refractivity contribution is 5.85. The van der Waals surface area contributed by atoms with Gasteiger partial charge in [0.05, 0.1) is 6.04 Å². The normalized spacial score (nSPS) is 11.9. The Morgan fingerprint density at radius 3 is 2.47 bits per heavy atom.